The van der Waals surface area contributed by atoms with E-state index in [9.17, 15) is 4.79 Å². The van der Waals surface area contributed by atoms with E-state index in [2.05, 4.69) is 17.2 Å². The average molecular weight is 266 g/mol. The van der Waals surface area contributed by atoms with Crippen LogP contribution < -0.4 is 10.1 Å². The van der Waals surface area contributed by atoms with Crippen LogP contribution >= 0.6 is 0 Å². The van der Waals surface area contributed by atoms with E-state index in [1.807, 2.05) is 19.9 Å². The number of aromatic nitrogens is 1. The van der Waals surface area contributed by atoms with E-state index in [0.29, 0.717) is 18.2 Å². The Kier molecular flexibility index (Phi) is 6.71. The van der Waals surface area contributed by atoms with Crippen LogP contribution in [0.1, 0.15) is 33.6 Å². The molecular formula is C14H22N2O3. The van der Waals surface area contributed by atoms with Gasteiger partial charge in [0.25, 0.3) is 0 Å². The van der Waals surface area contributed by atoms with Crippen molar-refractivity contribution >= 4 is 11.7 Å². The first kappa shape index (κ1) is 15.3. The minimum Gasteiger partial charge on any atom is -0.473 e. The molecule has 0 bridgehead atoms. The highest BCUT2D eigenvalue weighted by molar-refractivity contribution is 5.75. The summed E-state index contributed by atoms with van der Waals surface area (Å²) in [6.07, 6.45) is 3.59. The Bertz CT molecular complexity index is 394. The minimum atomic E-state index is -0.271. The second-order valence-corrected chi connectivity index (χ2v) is 4.45. The van der Waals surface area contributed by atoms with E-state index in [0.717, 1.165) is 12.8 Å². The van der Waals surface area contributed by atoms with Crippen LogP contribution in [0.15, 0.2) is 18.3 Å². The summed E-state index contributed by atoms with van der Waals surface area (Å²) in [7, 11) is 0. The quantitative estimate of drug-likeness (QED) is 0.579. The van der Waals surface area contributed by atoms with Gasteiger partial charge in [-0.3, -0.25) is 4.79 Å². The third-order valence-electron chi connectivity index (χ3n) is 2.30. The smallest absolute Gasteiger partial charge is 0.325 e. The molecule has 1 aromatic rings. The highest BCUT2D eigenvalue weighted by Crippen LogP contribution is 2.21. The normalized spacial score (nSPS) is 10.3. The van der Waals surface area contributed by atoms with Crippen molar-refractivity contribution in [1.29, 1.82) is 0 Å². The minimum absolute atomic E-state index is 0.0342. The lowest BCUT2D eigenvalue weighted by molar-refractivity contribution is -0.141. The van der Waals surface area contributed by atoms with Crippen molar-refractivity contribution in [3.8, 4) is 5.88 Å². The predicted molar refractivity (Wildman–Crippen MR) is 74.4 cm³/mol. The van der Waals surface area contributed by atoms with Crippen LogP contribution in [-0.2, 0) is 9.53 Å². The van der Waals surface area contributed by atoms with Crippen molar-refractivity contribution in [2.75, 3.05) is 18.5 Å². The Balaban J connectivity index is 2.46. The average Bonchev–Trinajstić information content (AvgIpc) is 2.37. The zero-order valence-corrected chi connectivity index (χ0v) is 11.8. The lowest BCUT2D eigenvalue weighted by Gasteiger charge is -2.13. The SMILES string of the molecule is CCCCOC(=O)CNc1cccnc1OC(C)C. The van der Waals surface area contributed by atoms with Crippen LogP contribution in [-0.4, -0.2) is 30.2 Å². The Labute approximate surface area is 114 Å². The van der Waals surface area contributed by atoms with Crippen LogP contribution in [0.2, 0.25) is 0 Å². The topological polar surface area (TPSA) is 60.5 Å². The number of esters is 1. The molecule has 0 aliphatic rings. The second kappa shape index (κ2) is 8.34. The van der Waals surface area contributed by atoms with E-state index in [1.165, 1.54) is 0 Å². The summed E-state index contributed by atoms with van der Waals surface area (Å²) >= 11 is 0. The Morgan fingerprint density at radius 3 is 2.95 bits per heavy atom. The first-order valence-electron chi connectivity index (χ1n) is 6.64. The van der Waals surface area contributed by atoms with Crippen LogP contribution in [0.3, 0.4) is 0 Å². The summed E-state index contributed by atoms with van der Waals surface area (Å²) in [6.45, 7) is 6.50. The summed E-state index contributed by atoms with van der Waals surface area (Å²) in [5.41, 5.74) is 0.698. The second-order valence-electron chi connectivity index (χ2n) is 4.45. The van der Waals surface area contributed by atoms with E-state index < -0.39 is 0 Å². The fourth-order valence-electron chi connectivity index (χ4n) is 1.39. The number of ether oxygens (including phenoxy) is 2. The van der Waals surface area contributed by atoms with Crippen molar-refractivity contribution in [1.82, 2.24) is 4.98 Å². The molecule has 1 heterocycles. The number of carbonyl (C=O) groups excluding carboxylic acids is 1. The molecule has 0 spiro atoms. The van der Waals surface area contributed by atoms with Gasteiger partial charge in [0.15, 0.2) is 0 Å². The number of rotatable bonds is 8. The van der Waals surface area contributed by atoms with Gasteiger partial charge >= 0.3 is 5.97 Å². The fourth-order valence-corrected chi connectivity index (χ4v) is 1.39. The van der Waals surface area contributed by atoms with Crippen molar-refractivity contribution in [2.45, 2.75) is 39.7 Å². The molecule has 0 amide bonds. The van der Waals surface area contributed by atoms with Gasteiger partial charge in [-0.25, -0.2) is 4.98 Å². The molecule has 0 unspecified atom stereocenters. The van der Waals surface area contributed by atoms with Gasteiger partial charge in [-0.15, -0.1) is 0 Å². The van der Waals surface area contributed by atoms with E-state index in [4.69, 9.17) is 9.47 Å². The van der Waals surface area contributed by atoms with E-state index in [-0.39, 0.29) is 18.6 Å². The van der Waals surface area contributed by atoms with Crippen molar-refractivity contribution in [2.24, 2.45) is 0 Å². The number of nitrogens with zero attached hydrogens (tertiary/aromatic N) is 1. The van der Waals surface area contributed by atoms with Gasteiger partial charge in [-0.2, -0.15) is 0 Å². The number of unbranched alkanes of at least 4 members (excludes halogenated alkanes) is 1. The molecule has 19 heavy (non-hydrogen) atoms. The maximum atomic E-state index is 11.5. The molecule has 0 saturated heterocycles. The number of hydrogen-bond donors (Lipinski definition) is 1. The lowest BCUT2D eigenvalue weighted by Crippen LogP contribution is -2.18. The molecule has 5 nitrogen and oxygen atoms in total. The molecule has 5 heteroatoms. The van der Waals surface area contributed by atoms with Crippen molar-refractivity contribution < 1.29 is 14.3 Å². The van der Waals surface area contributed by atoms with Crippen molar-refractivity contribution in [3.63, 3.8) is 0 Å². The zero-order valence-electron chi connectivity index (χ0n) is 11.8. The van der Waals surface area contributed by atoms with Gasteiger partial charge < -0.3 is 14.8 Å². The number of carbonyl (C=O) groups is 1. The Hall–Kier alpha value is -1.78. The molecule has 0 atom stereocenters. The maximum Gasteiger partial charge on any atom is 0.325 e. The molecule has 0 aliphatic heterocycles. The molecule has 0 radical (unpaired) electrons. The molecule has 0 fully saturated rings. The molecular weight excluding hydrogens is 244 g/mol. The molecule has 0 aromatic carbocycles. The summed E-state index contributed by atoms with van der Waals surface area (Å²) in [5, 5.41) is 2.98. The van der Waals surface area contributed by atoms with Crippen LogP contribution in [0.4, 0.5) is 5.69 Å². The molecule has 1 aromatic heterocycles. The van der Waals surface area contributed by atoms with Crippen LogP contribution in [0, 0.1) is 0 Å². The number of pyridine rings is 1. The van der Waals surface area contributed by atoms with Gasteiger partial charge in [0.1, 0.15) is 6.54 Å². The first-order valence-corrected chi connectivity index (χ1v) is 6.64. The summed E-state index contributed by atoms with van der Waals surface area (Å²) in [4.78, 5) is 15.6. The molecule has 0 saturated carbocycles. The number of hydrogen-bond acceptors (Lipinski definition) is 5. The van der Waals surface area contributed by atoms with Gasteiger partial charge in [0, 0.05) is 6.20 Å². The molecule has 106 valence electrons. The van der Waals surface area contributed by atoms with Gasteiger partial charge in [0.2, 0.25) is 5.88 Å². The van der Waals surface area contributed by atoms with Gasteiger partial charge in [-0.1, -0.05) is 13.3 Å². The van der Waals surface area contributed by atoms with Crippen LogP contribution in [0.5, 0.6) is 5.88 Å². The van der Waals surface area contributed by atoms with Gasteiger partial charge in [-0.05, 0) is 32.4 Å². The Morgan fingerprint density at radius 2 is 2.26 bits per heavy atom. The summed E-state index contributed by atoms with van der Waals surface area (Å²) in [6, 6.07) is 3.61. The van der Waals surface area contributed by atoms with E-state index in [1.54, 1.807) is 12.3 Å². The summed E-state index contributed by atoms with van der Waals surface area (Å²) < 4.78 is 10.6. The number of nitrogens with one attached hydrogen (secondary N) is 1. The van der Waals surface area contributed by atoms with Crippen LogP contribution in [0.25, 0.3) is 0 Å². The highest BCUT2D eigenvalue weighted by Gasteiger charge is 2.08. The largest absolute Gasteiger partial charge is 0.473 e. The molecule has 1 rings (SSSR count). The number of anilines is 1. The zero-order chi connectivity index (χ0) is 14.1. The third-order valence-corrected chi connectivity index (χ3v) is 2.30. The Morgan fingerprint density at radius 1 is 1.47 bits per heavy atom. The highest BCUT2D eigenvalue weighted by atomic mass is 16.5. The predicted octanol–water partition coefficient (Wildman–Crippen LogP) is 2.62. The van der Waals surface area contributed by atoms with Crippen molar-refractivity contribution in [3.05, 3.63) is 18.3 Å². The lowest BCUT2D eigenvalue weighted by atomic mass is 10.3. The third kappa shape index (κ3) is 6.08. The van der Waals surface area contributed by atoms with E-state index >= 15 is 0 Å². The first-order chi connectivity index (χ1) is 9.13. The molecule has 1 N–H and O–H groups in total. The standard InChI is InChI=1S/C14H22N2O3/c1-4-5-9-18-13(17)10-16-12-7-6-8-15-14(12)19-11(2)3/h6-8,11,16H,4-5,9-10H2,1-3H3. The van der Waals surface area contributed by atoms with Gasteiger partial charge in [0.05, 0.1) is 18.4 Å². The fraction of sp³-hybridized carbons (Fsp3) is 0.571. The maximum absolute atomic E-state index is 11.5. The summed E-state index contributed by atoms with van der Waals surface area (Å²) in [5.74, 6) is 0.228. The molecule has 0 aliphatic carbocycles. The monoisotopic (exact) mass is 266 g/mol.